The Morgan fingerprint density at radius 1 is 1.16 bits per heavy atom. The molecular weight excluding hydrogens is 338 g/mol. The Balaban J connectivity index is 2.03. The maximum atomic E-state index is 12.3. The normalized spacial score (nSPS) is 12.2. The Hall–Kier alpha value is -2.60. The number of ether oxygens (including phenoxy) is 1. The molecule has 0 saturated heterocycles. The molecule has 5 nitrogen and oxygen atoms in total. The molecule has 25 heavy (non-hydrogen) atoms. The monoisotopic (exact) mass is 359 g/mol. The van der Waals surface area contributed by atoms with E-state index in [1.54, 1.807) is 54.6 Å². The molecule has 0 saturated carbocycles. The van der Waals surface area contributed by atoms with E-state index in [0.29, 0.717) is 17.9 Å². The fourth-order valence-electron chi connectivity index (χ4n) is 2.22. The van der Waals surface area contributed by atoms with Gasteiger partial charge in [0, 0.05) is 11.8 Å². The van der Waals surface area contributed by atoms with Crippen LogP contribution in [0.2, 0.25) is 0 Å². The molecule has 1 amide bonds. The van der Waals surface area contributed by atoms with Crippen molar-refractivity contribution in [3.8, 4) is 5.75 Å². The first-order valence-corrected chi connectivity index (χ1v) is 9.65. The van der Waals surface area contributed by atoms with E-state index in [2.05, 4.69) is 11.9 Å². The number of amides is 1. The second kappa shape index (κ2) is 7.98. The van der Waals surface area contributed by atoms with Crippen LogP contribution >= 0.6 is 0 Å². The lowest BCUT2D eigenvalue weighted by molar-refractivity contribution is 0.0940. The summed E-state index contributed by atoms with van der Waals surface area (Å²) in [5, 5.41) is 2.89. The lowest BCUT2D eigenvalue weighted by Crippen LogP contribution is -2.26. The van der Waals surface area contributed by atoms with Crippen LogP contribution in [0.25, 0.3) is 0 Å². The van der Waals surface area contributed by atoms with E-state index in [9.17, 15) is 13.2 Å². The third-order valence-electron chi connectivity index (χ3n) is 3.64. The summed E-state index contributed by atoms with van der Waals surface area (Å²) in [4.78, 5) is 12.6. The molecule has 0 aliphatic rings. The van der Waals surface area contributed by atoms with Gasteiger partial charge in [-0.25, -0.2) is 8.42 Å². The van der Waals surface area contributed by atoms with Gasteiger partial charge in [-0.15, -0.1) is 0 Å². The van der Waals surface area contributed by atoms with Crippen molar-refractivity contribution in [2.45, 2.75) is 17.9 Å². The van der Waals surface area contributed by atoms with Crippen LogP contribution < -0.4 is 10.1 Å². The predicted molar refractivity (Wildman–Crippen MR) is 97.6 cm³/mol. The summed E-state index contributed by atoms with van der Waals surface area (Å²) in [7, 11) is -3.23. The highest BCUT2D eigenvalue weighted by Crippen LogP contribution is 2.18. The molecule has 6 heteroatoms. The molecule has 1 N–H and O–H groups in total. The molecule has 2 rings (SSSR count). The molecule has 0 aliphatic heterocycles. The average molecular weight is 359 g/mol. The molecule has 1 atom stereocenters. The number of hydrogen-bond donors (Lipinski definition) is 1. The topological polar surface area (TPSA) is 72.5 Å². The largest absolute Gasteiger partial charge is 0.490 e. The summed E-state index contributed by atoms with van der Waals surface area (Å²) in [6, 6.07) is 13.1. The Labute approximate surface area is 148 Å². The highest BCUT2D eigenvalue weighted by Gasteiger charge is 2.13. The highest BCUT2D eigenvalue weighted by molar-refractivity contribution is 7.90. The van der Waals surface area contributed by atoms with E-state index in [1.165, 1.54) is 0 Å². The van der Waals surface area contributed by atoms with Gasteiger partial charge in [-0.05, 0) is 48.9 Å². The number of hydrogen-bond acceptors (Lipinski definition) is 4. The van der Waals surface area contributed by atoms with Crippen molar-refractivity contribution in [3.63, 3.8) is 0 Å². The molecule has 0 aromatic heterocycles. The smallest absolute Gasteiger partial charge is 0.251 e. The van der Waals surface area contributed by atoms with Gasteiger partial charge >= 0.3 is 0 Å². The van der Waals surface area contributed by atoms with Crippen molar-refractivity contribution in [3.05, 3.63) is 72.3 Å². The zero-order chi connectivity index (χ0) is 18.4. The van der Waals surface area contributed by atoms with Crippen molar-refractivity contribution >= 4 is 15.7 Å². The standard InChI is InChI=1S/C19H21NO4S/c1-4-13-24-17-9-5-16(6-10-17)19(21)20-14(2)15-7-11-18(12-8-15)25(3,22)23/h4-12,14H,1,13H2,2-3H3,(H,20,21)/t14-/m1/s1. The molecule has 0 spiro atoms. The Kier molecular flexibility index (Phi) is 5.98. The Bertz CT molecular complexity index is 840. The van der Waals surface area contributed by atoms with Gasteiger partial charge in [0.2, 0.25) is 0 Å². The minimum atomic E-state index is -3.23. The number of nitrogens with one attached hydrogen (secondary N) is 1. The lowest BCUT2D eigenvalue weighted by Gasteiger charge is -2.15. The third kappa shape index (κ3) is 5.19. The summed E-state index contributed by atoms with van der Waals surface area (Å²) < 4.78 is 28.3. The summed E-state index contributed by atoms with van der Waals surface area (Å²) in [6.45, 7) is 5.83. The number of rotatable bonds is 7. The van der Waals surface area contributed by atoms with E-state index in [0.717, 1.165) is 11.8 Å². The molecule has 0 heterocycles. The van der Waals surface area contributed by atoms with Crippen molar-refractivity contribution in [1.29, 1.82) is 0 Å². The fourth-order valence-corrected chi connectivity index (χ4v) is 2.86. The van der Waals surface area contributed by atoms with Crippen molar-refractivity contribution in [1.82, 2.24) is 5.32 Å². The summed E-state index contributed by atoms with van der Waals surface area (Å²) >= 11 is 0. The van der Waals surface area contributed by atoms with Gasteiger partial charge in [-0.1, -0.05) is 24.8 Å². The maximum Gasteiger partial charge on any atom is 0.251 e. The number of carbonyl (C=O) groups is 1. The fraction of sp³-hybridized carbons (Fsp3) is 0.211. The molecule has 132 valence electrons. The summed E-state index contributed by atoms with van der Waals surface area (Å²) in [6.07, 6.45) is 2.81. The SMILES string of the molecule is C=CCOc1ccc(C(=O)N[C@H](C)c2ccc(S(C)(=O)=O)cc2)cc1. The number of sulfone groups is 1. The highest BCUT2D eigenvalue weighted by atomic mass is 32.2. The van der Waals surface area contributed by atoms with Crippen molar-refractivity contribution < 1.29 is 17.9 Å². The Morgan fingerprint density at radius 2 is 1.76 bits per heavy atom. The van der Waals surface area contributed by atoms with Gasteiger partial charge in [0.1, 0.15) is 12.4 Å². The zero-order valence-electron chi connectivity index (χ0n) is 14.2. The second-order valence-corrected chi connectivity index (χ2v) is 7.68. The number of benzene rings is 2. The quantitative estimate of drug-likeness (QED) is 0.771. The maximum absolute atomic E-state index is 12.3. The lowest BCUT2D eigenvalue weighted by atomic mass is 10.1. The van der Waals surface area contributed by atoms with Crippen LogP contribution in [-0.2, 0) is 9.84 Å². The molecule has 0 unspecified atom stereocenters. The van der Waals surface area contributed by atoms with E-state index in [-0.39, 0.29) is 16.8 Å². The molecule has 0 bridgehead atoms. The van der Waals surface area contributed by atoms with E-state index in [1.807, 2.05) is 6.92 Å². The van der Waals surface area contributed by atoms with Crippen LogP contribution in [0.15, 0.2) is 66.1 Å². The number of carbonyl (C=O) groups excluding carboxylic acids is 1. The van der Waals surface area contributed by atoms with Crippen molar-refractivity contribution in [2.24, 2.45) is 0 Å². The summed E-state index contributed by atoms with van der Waals surface area (Å²) in [5.41, 5.74) is 1.34. The second-order valence-electron chi connectivity index (χ2n) is 5.66. The molecular formula is C19H21NO4S. The third-order valence-corrected chi connectivity index (χ3v) is 4.77. The van der Waals surface area contributed by atoms with Gasteiger partial charge in [0.25, 0.3) is 5.91 Å². The first-order valence-electron chi connectivity index (χ1n) is 7.76. The molecule has 0 fully saturated rings. The van der Waals surface area contributed by atoms with E-state index < -0.39 is 9.84 Å². The van der Waals surface area contributed by atoms with E-state index in [4.69, 9.17) is 4.74 Å². The molecule has 2 aromatic rings. The predicted octanol–water partition coefficient (Wildman–Crippen LogP) is 3.15. The molecule has 0 radical (unpaired) electrons. The van der Waals surface area contributed by atoms with Gasteiger partial charge in [-0.2, -0.15) is 0 Å². The van der Waals surface area contributed by atoms with E-state index >= 15 is 0 Å². The molecule has 0 aliphatic carbocycles. The van der Waals surface area contributed by atoms with Crippen molar-refractivity contribution in [2.75, 3.05) is 12.9 Å². The average Bonchev–Trinajstić information content (AvgIpc) is 2.59. The van der Waals surface area contributed by atoms with Crippen LogP contribution in [0.1, 0.15) is 28.9 Å². The minimum Gasteiger partial charge on any atom is -0.490 e. The zero-order valence-corrected chi connectivity index (χ0v) is 15.0. The van der Waals surface area contributed by atoms with Gasteiger partial charge < -0.3 is 10.1 Å². The van der Waals surface area contributed by atoms with Crippen LogP contribution in [-0.4, -0.2) is 27.2 Å². The molecule has 2 aromatic carbocycles. The first kappa shape index (κ1) is 18.7. The van der Waals surface area contributed by atoms with Gasteiger partial charge in [0.15, 0.2) is 9.84 Å². The first-order chi connectivity index (χ1) is 11.8. The minimum absolute atomic E-state index is 0.213. The van der Waals surface area contributed by atoms with Crippen LogP contribution in [0.5, 0.6) is 5.75 Å². The van der Waals surface area contributed by atoms with Crippen LogP contribution in [0.4, 0.5) is 0 Å². The van der Waals surface area contributed by atoms with Crippen LogP contribution in [0.3, 0.4) is 0 Å². The van der Waals surface area contributed by atoms with Gasteiger partial charge in [-0.3, -0.25) is 4.79 Å². The van der Waals surface area contributed by atoms with Gasteiger partial charge in [0.05, 0.1) is 10.9 Å². The van der Waals surface area contributed by atoms with Crippen LogP contribution in [0, 0.1) is 0 Å². The summed E-state index contributed by atoms with van der Waals surface area (Å²) in [5.74, 6) is 0.454. The Morgan fingerprint density at radius 3 is 2.28 bits per heavy atom.